The standard InChI is InChI=1S/C29H29FN2O8/c1-32(2)21-20-23(34)16-11-14-8-7-13(6-3-12-4-9-15(30)10-5-12)22(33)17(14)24(35)18(16)26(37)29(20,40)27(38)19(25(21)36)28(31)39/h3-10,16,19-21,23,25,33-36,40H,11H2,1-2H3,(H2,31,39)/b6-3+/t16-,19?,20-,21+,23+,25?,29+/m1/s1. The van der Waals surface area contributed by atoms with E-state index < -0.39 is 76.2 Å². The molecule has 1 amide bonds. The van der Waals surface area contributed by atoms with E-state index in [2.05, 4.69) is 0 Å². The number of halogens is 1. The van der Waals surface area contributed by atoms with Crippen molar-refractivity contribution in [3.63, 3.8) is 0 Å². The summed E-state index contributed by atoms with van der Waals surface area (Å²) in [5.41, 5.74) is 3.13. The lowest BCUT2D eigenvalue weighted by atomic mass is 9.53. The average molecular weight is 553 g/mol. The fourth-order valence-electron chi connectivity index (χ4n) is 6.50. The first-order valence-electron chi connectivity index (χ1n) is 12.7. The number of ketones is 2. The molecule has 2 saturated carbocycles. The second kappa shape index (κ2) is 9.63. The third kappa shape index (κ3) is 3.88. The van der Waals surface area contributed by atoms with Gasteiger partial charge in [0.1, 0.15) is 23.2 Å². The Labute approximate surface area is 228 Å². The molecule has 0 saturated heterocycles. The molecule has 40 heavy (non-hydrogen) atoms. The van der Waals surface area contributed by atoms with Crippen LogP contribution in [0.1, 0.15) is 22.3 Å². The van der Waals surface area contributed by atoms with Crippen molar-refractivity contribution in [3.8, 4) is 5.75 Å². The van der Waals surface area contributed by atoms with E-state index in [1.165, 1.54) is 49.3 Å². The summed E-state index contributed by atoms with van der Waals surface area (Å²) in [6, 6.07) is 7.58. The zero-order valence-corrected chi connectivity index (χ0v) is 21.7. The monoisotopic (exact) mass is 552 g/mol. The molecule has 11 heteroatoms. The van der Waals surface area contributed by atoms with Gasteiger partial charge in [-0.05, 0) is 43.8 Å². The van der Waals surface area contributed by atoms with E-state index in [-0.39, 0.29) is 23.3 Å². The number of phenols is 1. The van der Waals surface area contributed by atoms with Crippen molar-refractivity contribution >= 4 is 35.4 Å². The highest BCUT2D eigenvalue weighted by Gasteiger charge is 2.70. The second-order valence-corrected chi connectivity index (χ2v) is 10.8. The highest BCUT2D eigenvalue weighted by Crippen LogP contribution is 2.52. The molecule has 3 aliphatic rings. The Bertz CT molecular complexity index is 1480. The van der Waals surface area contributed by atoms with Gasteiger partial charge < -0.3 is 36.2 Å². The Morgan fingerprint density at radius 2 is 1.70 bits per heavy atom. The molecule has 210 valence electrons. The smallest absolute Gasteiger partial charge is 0.230 e. The molecule has 0 radical (unpaired) electrons. The fourth-order valence-corrected chi connectivity index (χ4v) is 6.50. The number of Topliss-reactive ketones (excluding diaryl/α,β-unsaturated/α-hetero) is 2. The first-order chi connectivity index (χ1) is 18.8. The minimum Gasteiger partial charge on any atom is -0.507 e. The molecule has 0 spiro atoms. The Balaban J connectivity index is 1.63. The number of hydrogen-bond acceptors (Lipinski definition) is 9. The summed E-state index contributed by atoms with van der Waals surface area (Å²) >= 11 is 0. The number of amides is 1. The lowest BCUT2D eigenvalue weighted by Gasteiger charge is -2.55. The highest BCUT2D eigenvalue weighted by atomic mass is 19.1. The highest BCUT2D eigenvalue weighted by molar-refractivity contribution is 6.25. The van der Waals surface area contributed by atoms with Gasteiger partial charge in [0, 0.05) is 29.0 Å². The van der Waals surface area contributed by atoms with E-state index in [1.807, 2.05) is 0 Å². The molecule has 0 aliphatic heterocycles. The van der Waals surface area contributed by atoms with Gasteiger partial charge in [-0.1, -0.05) is 36.4 Å². The summed E-state index contributed by atoms with van der Waals surface area (Å²) in [5.74, 6) is -9.90. The summed E-state index contributed by atoms with van der Waals surface area (Å²) in [5, 5.41) is 56.4. The molecule has 10 nitrogen and oxygen atoms in total. The van der Waals surface area contributed by atoms with Gasteiger partial charge in [-0.25, -0.2) is 4.39 Å². The first kappa shape index (κ1) is 27.7. The summed E-state index contributed by atoms with van der Waals surface area (Å²) in [7, 11) is 2.99. The molecule has 5 rings (SSSR count). The topological polar surface area (TPSA) is 182 Å². The van der Waals surface area contributed by atoms with Crippen molar-refractivity contribution in [2.45, 2.75) is 30.3 Å². The lowest BCUT2D eigenvalue weighted by molar-refractivity contribution is -0.198. The number of nitrogens with two attached hydrogens (primary N) is 1. The van der Waals surface area contributed by atoms with Crippen LogP contribution >= 0.6 is 0 Å². The molecule has 2 aromatic rings. The number of aliphatic hydroxyl groups is 4. The number of rotatable bonds is 4. The van der Waals surface area contributed by atoms with Crippen LogP contribution in [0.2, 0.25) is 0 Å². The summed E-state index contributed by atoms with van der Waals surface area (Å²) in [6.07, 6.45) is -0.209. The predicted octanol–water partition coefficient (Wildman–Crippen LogP) is 0.409. The second-order valence-electron chi connectivity index (χ2n) is 10.8. The summed E-state index contributed by atoms with van der Waals surface area (Å²) < 4.78 is 13.2. The lowest BCUT2D eigenvalue weighted by Crippen LogP contribution is -2.76. The van der Waals surface area contributed by atoms with Crippen LogP contribution in [0.4, 0.5) is 4.39 Å². The number of fused-ring (bicyclic) bond motifs is 3. The SMILES string of the molecule is CN(C)[C@@H]1C(O)C(C(N)=O)C(=O)[C@@]2(O)C(=O)C3=C(O)c4c(ccc(/C=C/c5ccc(F)cc5)c4O)C[C@H]3[C@H](O)[C@@H]12. The van der Waals surface area contributed by atoms with Crippen molar-refractivity contribution in [1.29, 1.82) is 0 Å². The number of nitrogens with zero attached hydrogens (tertiary/aromatic N) is 1. The fraction of sp³-hybridized carbons (Fsp3) is 0.345. The van der Waals surface area contributed by atoms with Gasteiger partial charge in [-0.15, -0.1) is 0 Å². The number of benzene rings is 2. The van der Waals surface area contributed by atoms with Gasteiger partial charge in [-0.2, -0.15) is 0 Å². The summed E-state index contributed by atoms with van der Waals surface area (Å²) in [4.78, 5) is 40.8. The van der Waals surface area contributed by atoms with Crippen LogP contribution in [0.5, 0.6) is 5.75 Å². The van der Waals surface area contributed by atoms with Crippen molar-refractivity contribution in [1.82, 2.24) is 4.90 Å². The van der Waals surface area contributed by atoms with Gasteiger partial charge in [0.05, 0.1) is 17.8 Å². The maximum atomic E-state index is 13.9. The van der Waals surface area contributed by atoms with E-state index in [1.54, 1.807) is 18.2 Å². The minimum absolute atomic E-state index is 0.0343. The number of phenolic OH excluding ortho intramolecular Hbond substituents is 1. The van der Waals surface area contributed by atoms with Gasteiger partial charge in [0.25, 0.3) is 0 Å². The molecule has 0 bridgehead atoms. The van der Waals surface area contributed by atoms with E-state index in [0.717, 1.165) is 0 Å². The maximum Gasteiger partial charge on any atom is 0.230 e. The molecule has 7 atom stereocenters. The molecule has 2 fully saturated rings. The molecule has 0 heterocycles. The molecule has 3 aliphatic carbocycles. The third-order valence-electron chi connectivity index (χ3n) is 8.40. The quantitative estimate of drug-likeness (QED) is 0.231. The predicted molar refractivity (Wildman–Crippen MR) is 141 cm³/mol. The number of primary amides is 1. The molecule has 7 N–H and O–H groups in total. The van der Waals surface area contributed by atoms with Gasteiger partial charge in [0.2, 0.25) is 11.7 Å². The number of likely N-dealkylation sites (N-methyl/N-ethyl adjacent to an activating group) is 1. The van der Waals surface area contributed by atoms with Crippen molar-refractivity contribution < 1.29 is 44.3 Å². The zero-order valence-electron chi connectivity index (χ0n) is 21.7. The Morgan fingerprint density at radius 3 is 2.30 bits per heavy atom. The number of carbonyl (C=O) groups is 3. The third-order valence-corrected chi connectivity index (χ3v) is 8.40. The van der Waals surface area contributed by atoms with Crippen LogP contribution in [0, 0.1) is 23.6 Å². The van der Waals surface area contributed by atoms with Crippen LogP contribution < -0.4 is 5.73 Å². The molecule has 0 aromatic heterocycles. The molecular weight excluding hydrogens is 523 g/mol. The Hall–Kier alpha value is -3.90. The van der Waals surface area contributed by atoms with E-state index in [0.29, 0.717) is 11.1 Å². The van der Waals surface area contributed by atoms with Crippen LogP contribution in [0.25, 0.3) is 17.9 Å². The molecular formula is C29H29FN2O8. The maximum absolute atomic E-state index is 13.9. The van der Waals surface area contributed by atoms with E-state index >= 15 is 0 Å². The zero-order chi connectivity index (χ0) is 29.3. The van der Waals surface area contributed by atoms with E-state index in [4.69, 9.17) is 5.73 Å². The van der Waals surface area contributed by atoms with Crippen molar-refractivity contribution in [2.24, 2.45) is 23.5 Å². The van der Waals surface area contributed by atoms with E-state index in [9.17, 15) is 44.3 Å². The van der Waals surface area contributed by atoms with Gasteiger partial charge in [0.15, 0.2) is 11.4 Å². The first-order valence-corrected chi connectivity index (χ1v) is 12.7. The van der Waals surface area contributed by atoms with Crippen LogP contribution in [0.15, 0.2) is 42.0 Å². The Kier molecular flexibility index (Phi) is 6.66. The van der Waals surface area contributed by atoms with Crippen LogP contribution in [-0.4, -0.2) is 85.9 Å². The number of carbonyl (C=O) groups excluding carboxylic acids is 3. The van der Waals surface area contributed by atoms with Crippen LogP contribution in [0.3, 0.4) is 0 Å². The largest absolute Gasteiger partial charge is 0.507 e. The Morgan fingerprint density at radius 1 is 1.05 bits per heavy atom. The number of aromatic hydroxyl groups is 1. The number of aliphatic hydroxyl groups excluding tert-OH is 3. The average Bonchev–Trinajstić information content (AvgIpc) is 2.89. The number of hydrogen-bond donors (Lipinski definition) is 6. The van der Waals surface area contributed by atoms with Gasteiger partial charge in [-0.3, -0.25) is 14.4 Å². The van der Waals surface area contributed by atoms with Crippen LogP contribution in [-0.2, 0) is 20.8 Å². The van der Waals surface area contributed by atoms with Crippen molar-refractivity contribution in [2.75, 3.05) is 14.1 Å². The van der Waals surface area contributed by atoms with Crippen molar-refractivity contribution in [3.05, 3.63) is 70.0 Å². The van der Waals surface area contributed by atoms with Gasteiger partial charge >= 0.3 is 0 Å². The summed E-state index contributed by atoms with van der Waals surface area (Å²) in [6.45, 7) is 0. The minimum atomic E-state index is -2.97. The molecule has 2 unspecified atom stereocenters. The normalized spacial score (nSPS) is 31.8. The molecule has 2 aromatic carbocycles.